The Labute approximate surface area is 164 Å². The summed E-state index contributed by atoms with van der Waals surface area (Å²) in [5.41, 5.74) is 0. The molecule has 0 heterocycles. The van der Waals surface area contributed by atoms with Gasteiger partial charge in [-0.15, -0.1) is 46.0 Å². The van der Waals surface area contributed by atoms with E-state index in [1.807, 2.05) is 12.2 Å². The van der Waals surface area contributed by atoms with Crippen LogP contribution in [0.4, 0.5) is 0 Å². The van der Waals surface area contributed by atoms with Crippen LogP contribution >= 0.6 is 0 Å². The molecule has 3 nitrogen and oxygen atoms in total. The van der Waals surface area contributed by atoms with E-state index in [1.165, 1.54) is 0 Å². The molecule has 0 aromatic heterocycles. The van der Waals surface area contributed by atoms with Gasteiger partial charge in [0.2, 0.25) is 0 Å². The molecule has 0 fully saturated rings. The van der Waals surface area contributed by atoms with Gasteiger partial charge in [0.05, 0.1) is 0 Å². The monoisotopic (exact) mass is 368 g/mol. The molecular formula is C20H32O3Ti. The summed E-state index contributed by atoms with van der Waals surface area (Å²) in [5.74, 6) is 0. The van der Waals surface area contributed by atoms with Crippen LogP contribution in [-0.2, 0) is 21.7 Å². The largest absolute Gasteiger partial charge is 4.00 e. The first-order chi connectivity index (χ1) is 11.2. The molecule has 24 heavy (non-hydrogen) atoms. The Morgan fingerprint density at radius 2 is 1.17 bits per heavy atom. The predicted octanol–water partition coefficient (Wildman–Crippen LogP) is 2.24. The smallest absolute Gasteiger partial charge is 0.854 e. The molecule has 0 radical (unpaired) electrons. The Morgan fingerprint density at radius 1 is 0.792 bits per heavy atom. The minimum absolute atomic E-state index is 0. The van der Waals surface area contributed by atoms with E-state index < -0.39 is 0 Å². The molecule has 0 atom stereocenters. The molecule has 0 spiro atoms. The van der Waals surface area contributed by atoms with Crippen LogP contribution in [0, 0.1) is 6.08 Å². The van der Waals surface area contributed by atoms with Crippen LogP contribution in [0.3, 0.4) is 0 Å². The first kappa shape index (κ1) is 31.1. The Bertz CT molecular complexity index is 248. The number of allylic oxidation sites excluding steroid dienone is 7. The fourth-order valence-corrected chi connectivity index (χ4v) is 1.02. The van der Waals surface area contributed by atoms with Crippen molar-refractivity contribution >= 4 is 0 Å². The molecule has 1 aliphatic carbocycles. The van der Waals surface area contributed by atoms with Gasteiger partial charge in [0.25, 0.3) is 0 Å². The van der Waals surface area contributed by atoms with Crippen LogP contribution < -0.4 is 15.3 Å². The molecule has 4 heteroatoms. The van der Waals surface area contributed by atoms with Gasteiger partial charge in [-0.3, -0.25) is 6.08 Å². The molecule has 0 saturated heterocycles. The molecule has 0 aliphatic heterocycles. The SMILES string of the molecule is C=CCCC[O-].C=CCCC[O-].C=CCCC[O-].[C-]1=CC=CC1.[Ti+4]. The molecule has 0 saturated carbocycles. The third-order valence-electron chi connectivity index (χ3n) is 2.24. The molecule has 0 unspecified atom stereocenters. The first-order valence-electron chi connectivity index (χ1n) is 8.03. The van der Waals surface area contributed by atoms with Crippen LogP contribution in [0.2, 0.25) is 0 Å². The topological polar surface area (TPSA) is 69.2 Å². The second-order valence-corrected chi connectivity index (χ2v) is 4.41. The fourth-order valence-electron chi connectivity index (χ4n) is 1.02. The van der Waals surface area contributed by atoms with E-state index in [2.05, 4.69) is 31.9 Å². The summed E-state index contributed by atoms with van der Waals surface area (Å²) in [4.78, 5) is 0. The minimum atomic E-state index is 0. The Hall–Kier alpha value is -0.706. The number of hydrogen-bond donors (Lipinski definition) is 0. The molecule has 0 aromatic rings. The van der Waals surface area contributed by atoms with Gasteiger partial charge >= 0.3 is 21.7 Å². The van der Waals surface area contributed by atoms with Crippen LogP contribution in [0.15, 0.2) is 56.2 Å². The van der Waals surface area contributed by atoms with Gasteiger partial charge in [-0.1, -0.05) is 37.5 Å². The quantitative estimate of drug-likeness (QED) is 0.271. The molecule has 0 bridgehead atoms. The summed E-state index contributed by atoms with van der Waals surface area (Å²) in [7, 11) is 0. The number of hydrogen-bond acceptors (Lipinski definition) is 3. The van der Waals surface area contributed by atoms with E-state index in [0.717, 1.165) is 44.9 Å². The van der Waals surface area contributed by atoms with Crippen molar-refractivity contribution < 1.29 is 37.0 Å². The predicted molar refractivity (Wildman–Crippen MR) is 94.5 cm³/mol. The molecule has 1 rings (SSSR count). The van der Waals surface area contributed by atoms with Gasteiger partial charge in [-0.2, -0.15) is 6.08 Å². The maximum absolute atomic E-state index is 9.64. The standard InChI is InChI=1S/3C5H9O.C5H5.Ti/c3*1-2-3-4-5-6;1-2-4-5-3-1;/h3*2H,1,3-5H2;1-3H,4H2;/q4*-1;+4. The van der Waals surface area contributed by atoms with Crippen LogP contribution in [0.5, 0.6) is 0 Å². The third-order valence-corrected chi connectivity index (χ3v) is 2.24. The van der Waals surface area contributed by atoms with Gasteiger partial charge in [-0.05, 0) is 19.3 Å². The second kappa shape index (κ2) is 38.1. The number of unbranched alkanes of at least 4 members (excludes halogenated alkanes) is 3. The normalized spacial score (nSPS) is 9.79. The Morgan fingerprint density at radius 3 is 1.25 bits per heavy atom. The van der Waals surface area contributed by atoms with Crippen molar-refractivity contribution in [1.82, 2.24) is 0 Å². The second-order valence-electron chi connectivity index (χ2n) is 4.41. The zero-order valence-corrected chi connectivity index (χ0v) is 16.4. The average molecular weight is 368 g/mol. The average Bonchev–Trinajstić information content (AvgIpc) is 3.17. The summed E-state index contributed by atoms with van der Waals surface area (Å²) >= 11 is 0. The summed E-state index contributed by atoms with van der Waals surface area (Å²) < 4.78 is 0. The fraction of sp³-hybridized carbons (Fsp3) is 0.500. The summed E-state index contributed by atoms with van der Waals surface area (Å²) in [6, 6.07) is 0. The van der Waals surface area contributed by atoms with E-state index in [-0.39, 0.29) is 41.5 Å². The van der Waals surface area contributed by atoms with Crippen molar-refractivity contribution in [3.8, 4) is 0 Å². The van der Waals surface area contributed by atoms with Gasteiger partial charge in [-0.25, -0.2) is 12.2 Å². The minimum Gasteiger partial charge on any atom is -0.854 e. The van der Waals surface area contributed by atoms with Crippen molar-refractivity contribution in [3.05, 3.63) is 62.3 Å². The zero-order valence-electron chi connectivity index (χ0n) is 14.9. The maximum Gasteiger partial charge on any atom is 4.00 e. The van der Waals surface area contributed by atoms with Crippen molar-refractivity contribution in [3.63, 3.8) is 0 Å². The molecule has 1 aliphatic rings. The van der Waals surface area contributed by atoms with Crippen LogP contribution in [0.25, 0.3) is 0 Å². The van der Waals surface area contributed by atoms with Gasteiger partial charge in [0.15, 0.2) is 0 Å². The Balaban J connectivity index is -0.000000110. The van der Waals surface area contributed by atoms with Crippen molar-refractivity contribution in [2.45, 2.75) is 44.9 Å². The summed E-state index contributed by atoms with van der Waals surface area (Å²) in [6.45, 7) is 10.5. The van der Waals surface area contributed by atoms with E-state index >= 15 is 0 Å². The van der Waals surface area contributed by atoms with E-state index in [1.54, 1.807) is 18.2 Å². The third kappa shape index (κ3) is 49.6. The van der Waals surface area contributed by atoms with Crippen molar-refractivity contribution in [2.75, 3.05) is 19.8 Å². The summed E-state index contributed by atoms with van der Waals surface area (Å²) in [5, 5.41) is 28.9. The van der Waals surface area contributed by atoms with Crippen molar-refractivity contribution in [1.29, 1.82) is 0 Å². The Kier molecular flexibility index (Phi) is 49.3. The van der Waals surface area contributed by atoms with Crippen molar-refractivity contribution in [2.24, 2.45) is 0 Å². The van der Waals surface area contributed by atoms with Gasteiger partial charge < -0.3 is 15.3 Å². The van der Waals surface area contributed by atoms with Crippen LogP contribution in [0.1, 0.15) is 44.9 Å². The van der Waals surface area contributed by atoms with Crippen LogP contribution in [-0.4, -0.2) is 19.8 Å². The molecule has 0 amide bonds. The molecule has 0 aromatic carbocycles. The van der Waals surface area contributed by atoms with E-state index in [9.17, 15) is 15.3 Å². The van der Waals surface area contributed by atoms with E-state index in [0.29, 0.717) is 0 Å². The first-order valence-corrected chi connectivity index (χ1v) is 8.03. The van der Waals surface area contributed by atoms with E-state index in [4.69, 9.17) is 0 Å². The summed E-state index contributed by atoms with van der Waals surface area (Å²) in [6.07, 6.45) is 20.1. The number of rotatable bonds is 9. The van der Waals surface area contributed by atoms with Gasteiger partial charge in [0.1, 0.15) is 0 Å². The maximum atomic E-state index is 9.64. The molecule has 0 N–H and O–H groups in total. The molecular weight excluding hydrogens is 336 g/mol. The zero-order chi connectivity index (χ0) is 18.0. The van der Waals surface area contributed by atoms with Gasteiger partial charge in [0, 0.05) is 0 Å². The molecule has 134 valence electrons.